The molecule has 0 spiro atoms. The molecule has 1 aromatic carbocycles. The van der Waals surface area contributed by atoms with Crippen LogP contribution in [0.4, 0.5) is 0 Å². The Hall–Kier alpha value is -0.860. The lowest BCUT2D eigenvalue weighted by molar-refractivity contribution is 0.0717. The average molecular weight is 205 g/mol. The Morgan fingerprint density at radius 2 is 2.13 bits per heavy atom. The molecular weight excluding hydrogens is 186 g/mol. The van der Waals surface area contributed by atoms with E-state index in [0.29, 0.717) is 0 Å². The molecule has 1 heterocycles. The van der Waals surface area contributed by atoms with Crippen LogP contribution in [0.5, 0.6) is 0 Å². The van der Waals surface area contributed by atoms with Crippen LogP contribution in [-0.4, -0.2) is 18.7 Å². The van der Waals surface area contributed by atoms with Gasteiger partial charge in [0.15, 0.2) is 0 Å². The summed E-state index contributed by atoms with van der Waals surface area (Å²) in [6.45, 7) is 4.90. The van der Waals surface area contributed by atoms with E-state index in [-0.39, 0.29) is 5.54 Å². The third kappa shape index (κ3) is 3.05. The number of nitrogens with one attached hydrogen (secondary N) is 1. The summed E-state index contributed by atoms with van der Waals surface area (Å²) in [5, 5.41) is 3.49. The van der Waals surface area contributed by atoms with Crippen molar-refractivity contribution in [2.45, 2.75) is 31.9 Å². The molecule has 2 nitrogen and oxygen atoms in total. The third-order valence-electron chi connectivity index (χ3n) is 2.99. The Morgan fingerprint density at radius 3 is 2.80 bits per heavy atom. The molecule has 2 rings (SSSR count). The summed E-state index contributed by atoms with van der Waals surface area (Å²) in [5.74, 6) is 0. The van der Waals surface area contributed by atoms with Crippen LogP contribution in [-0.2, 0) is 11.3 Å². The lowest BCUT2D eigenvalue weighted by Crippen LogP contribution is -2.40. The molecule has 0 bridgehead atoms. The van der Waals surface area contributed by atoms with Gasteiger partial charge in [-0.1, -0.05) is 30.3 Å². The topological polar surface area (TPSA) is 21.3 Å². The Balaban J connectivity index is 1.75. The van der Waals surface area contributed by atoms with E-state index in [9.17, 15) is 0 Å². The van der Waals surface area contributed by atoms with E-state index in [1.807, 2.05) is 18.2 Å². The van der Waals surface area contributed by atoms with Crippen molar-refractivity contribution in [1.82, 2.24) is 5.32 Å². The molecule has 0 amide bonds. The van der Waals surface area contributed by atoms with E-state index in [1.54, 1.807) is 0 Å². The first kappa shape index (κ1) is 10.7. The van der Waals surface area contributed by atoms with Crippen LogP contribution in [0.25, 0.3) is 0 Å². The molecule has 1 saturated heterocycles. The summed E-state index contributed by atoms with van der Waals surface area (Å²) < 4.78 is 5.74. The Bertz CT molecular complexity index is 291. The minimum absolute atomic E-state index is 0.203. The van der Waals surface area contributed by atoms with Crippen LogP contribution < -0.4 is 5.32 Å². The molecule has 1 unspecified atom stereocenters. The number of rotatable bonds is 4. The predicted molar refractivity (Wildman–Crippen MR) is 61.7 cm³/mol. The fourth-order valence-electron chi connectivity index (χ4n) is 2.05. The summed E-state index contributed by atoms with van der Waals surface area (Å²) in [5.41, 5.74) is 1.45. The summed E-state index contributed by atoms with van der Waals surface area (Å²) in [6, 6.07) is 10.3. The van der Waals surface area contributed by atoms with E-state index in [2.05, 4.69) is 24.4 Å². The molecule has 2 heteroatoms. The summed E-state index contributed by atoms with van der Waals surface area (Å²) in [6.07, 6.45) is 2.49. The van der Waals surface area contributed by atoms with Crippen LogP contribution in [0, 0.1) is 0 Å². The van der Waals surface area contributed by atoms with Gasteiger partial charge in [0.05, 0.1) is 13.2 Å². The first-order valence-electron chi connectivity index (χ1n) is 5.65. The third-order valence-corrected chi connectivity index (χ3v) is 2.99. The Labute approximate surface area is 91.6 Å². The molecule has 1 aliphatic heterocycles. The fourth-order valence-corrected chi connectivity index (χ4v) is 2.05. The van der Waals surface area contributed by atoms with Gasteiger partial charge >= 0.3 is 0 Å². The summed E-state index contributed by atoms with van der Waals surface area (Å²) in [4.78, 5) is 0. The van der Waals surface area contributed by atoms with Crippen LogP contribution in [0.2, 0.25) is 0 Å². The maximum Gasteiger partial charge on any atom is 0.0717 e. The second-order valence-corrected chi connectivity index (χ2v) is 4.57. The van der Waals surface area contributed by atoms with Crippen molar-refractivity contribution < 1.29 is 4.74 Å². The van der Waals surface area contributed by atoms with Gasteiger partial charge in [0.25, 0.3) is 0 Å². The van der Waals surface area contributed by atoms with E-state index in [0.717, 1.165) is 19.8 Å². The number of hydrogen-bond donors (Lipinski definition) is 1. The van der Waals surface area contributed by atoms with E-state index in [4.69, 9.17) is 4.74 Å². The second kappa shape index (κ2) is 4.77. The average Bonchev–Trinajstić information content (AvgIpc) is 2.67. The van der Waals surface area contributed by atoms with Gasteiger partial charge in [-0.3, -0.25) is 0 Å². The van der Waals surface area contributed by atoms with Gasteiger partial charge in [0.2, 0.25) is 0 Å². The standard InChI is InChI=1S/C13H19NO/c1-13(8-5-9-14-13)11-15-10-12-6-3-2-4-7-12/h2-4,6-7,14H,5,8-11H2,1H3. The molecule has 1 N–H and O–H groups in total. The van der Waals surface area contributed by atoms with Gasteiger partial charge in [-0.15, -0.1) is 0 Å². The van der Waals surface area contributed by atoms with E-state index < -0.39 is 0 Å². The van der Waals surface area contributed by atoms with Gasteiger partial charge in [-0.05, 0) is 31.9 Å². The SMILES string of the molecule is CC1(COCc2ccccc2)CCCN1. The van der Waals surface area contributed by atoms with Crippen molar-refractivity contribution in [3.63, 3.8) is 0 Å². The number of ether oxygens (including phenoxy) is 1. The molecule has 1 fully saturated rings. The van der Waals surface area contributed by atoms with E-state index >= 15 is 0 Å². The molecule has 0 aliphatic carbocycles. The highest BCUT2D eigenvalue weighted by Gasteiger charge is 2.27. The highest BCUT2D eigenvalue weighted by molar-refractivity contribution is 5.13. The summed E-state index contributed by atoms with van der Waals surface area (Å²) in [7, 11) is 0. The Morgan fingerprint density at radius 1 is 1.33 bits per heavy atom. The van der Waals surface area contributed by atoms with Crippen molar-refractivity contribution in [2.75, 3.05) is 13.2 Å². The molecular formula is C13H19NO. The zero-order valence-electron chi connectivity index (χ0n) is 9.33. The fraction of sp³-hybridized carbons (Fsp3) is 0.538. The normalized spacial score (nSPS) is 25.7. The number of benzene rings is 1. The van der Waals surface area contributed by atoms with Crippen LogP contribution >= 0.6 is 0 Å². The molecule has 0 radical (unpaired) electrons. The van der Waals surface area contributed by atoms with Crippen molar-refractivity contribution in [3.8, 4) is 0 Å². The molecule has 0 aromatic heterocycles. The molecule has 82 valence electrons. The van der Waals surface area contributed by atoms with Crippen molar-refractivity contribution in [2.24, 2.45) is 0 Å². The number of hydrogen-bond acceptors (Lipinski definition) is 2. The quantitative estimate of drug-likeness (QED) is 0.814. The molecule has 1 atom stereocenters. The van der Waals surface area contributed by atoms with Crippen LogP contribution in [0.15, 0.2) is 30.3 Å². The van der Waals surface area contributed by atoms with Crippen molar-refractivity contribution in [3.05, 3.63) is 35.9 Å². The van der Waals surface area contributed by atoms with Gasteiger partial charge in [-0.25, -0.2) is 0 Å². The maximum absolute atomic E-state index is 5.74. The van der Waals surface area contributed by atoms with Crippen molar-refractivity contribution >= 4 is 0 Å². The smallest absolute Gasteiger partial charge is 0.0717 e. The highest BCUT2D eigenvalue weighted by Crippen LogP contribution is 2.19. The van der Waals surface area contributed by atoms with Crippen molar-refractivity contribution in [1.29, 1.82) is 0 Å². The van der Waals surface area contributed by atoms with Gasteiger partial charge < -0.3 is 10.1 Å². The first-order valence-corrected chi connectivity index (χ1v) is 5.65. The van der Waals surface area contributed by atoms with Gasteiger partial charge in [-0.2, -0.15) is 0 Å². The minimum Gasteiger partial charge on any atom is -0.375 e. The lowest BCUT2D eigenvalue weighted by Gasteiger charge is -2.23. The van der Waals surface area contributed by atoms with Gasteiger partial charge in [0, 0.05) is 5.54 Å². The minimum atomic E-state index is 0.203. The summed E-state index contributed by atoms with van der Waals surface area (Å²) >= 11 is 0. The maximum atomic E-state index is 5.74. The van der Waals surface area contributed by atoms with Crippen LogP contribution in [0.1, 0.15) is 25.3 Å². The zero-order valence-corrected chi connectivity index (χ0v) is 9.33. The monoisotopic (exact) mass is 205 g/mol. The molecule has 15 heavy (non-hydrogen) atoms. The van der Waals surface area contributed by atoms with E-state index in [1.165, 1.54) is 18.4 Å². The highest BCUT2D eigenvalue weighted by atomic mass is 16.5. The second-order valence-electron chi connectivity index (χ2n) is 4.57. The zero-order chi connectivity index (χ0) is 10.6. The predicted octanol–water partition coefficient (Wildman–Crippen LogP) is 2.35. The first-order chi connectivity index (χ1) is 7.29. The molecule has 1 aromatic rings. The largest absolute Gasteiger partial charge is 0.375 e. The Kier molecular flexibility index (Phi) is 3.39. The molecule has 1 aliphatic rings. The van der Waals surface area contributed by atoms with Crippen LogP contribution in [0.3, 0.4) is 0 Å². The van der Waals surface area contributed by atoms with Gasteiger partial charge in [0.1, 0.15) is 0 Å². The lowest BCUT2D eigenvalue weighted by atomic mass is 10.0. The molecule has 0 saturated carbocycles.